The van der Waals surface area contributed by atoms with Crippen molar-refractivity contribution in [1.29, 1.82) is 0 Å². The highest BCUT2D eigenvalue weighted by molar-refractivity contribution is 7.89. The molecule has 1 saturated heterocycles. The molecule has 0 radical (unpaired) electrons. The first-order valence-electron chi connectivity index (χ1n) is 7.82. The highest BCUT2D eigenvalue weighted by Gasteiger charge is 2.33. The molecule has 124 valence electrons. The highest BCUT2D eigenvalue weighted by Crippen LogP contribution is 2.34. The molecule has 0 spiro atoms. The molecule has 0 saturated carbocycles. The Bertz CT molecular complexity index is 631. The van der Waals surface area contributed by atoms with Crippen LogP contribution in [-0.4, -0.2) is 31.9 Å². The van der Waals surface area contributed by atoms with Gasteiger partial charge in [0.25, 0.3) is 0 Å². The Morgan fingerprint density at radius 1 is 1.36 bits per heavy atom. The minimum absolute atomic E-state index is 0.0119. The van der Waals surface area contributed by atoms with Crippen LogP contribution in [0.25, 0.3) is 0 Å². The molecular weight excluding hydrogens is 322 g/mol. The molecule has 1 aliphatic heterocycles. The first-order valence-corrected chi connectivity index (χ1v) is 9.64. The third kappa shape index (κ3) is 3.58. The van der Waals surface area contributed by atoms with Crippen molar-refractivity contribution >= 4 is 21.6 Å². The number of halogens is 1. The molecule has 0 aliphatic carbocycles. The summed E-state index contributed by atoms with van der Waals surface area (Å²) in [5.41, 5.74) is 0.818. The summed E-state index contributed by atoms with van der Waals surface area (Å²) in [6.45, 7) is 6.84. The minimum atomic E-state index is -3.59. The number of hydrogen-bond acceptors (Lipinski definition) is 3. The fraction of sp³-hybridized carbons (Fsp3) is 0.625. The summed E-state index contributed by atoms with van der Waals surface area (Å²) >= 11 is 6.16. The first kappa shape index (κ1) is 17.6. The number of sulfonamides is 1. The van der Waals surface area contributed by atoms with Crippen LogP contribution in [0.2, 0.25) is 5.02 Å². The molecule has 0 N–H and O–H groups in total. The van der Waals surface area contributed by atoms with Gasteiger partial charge in [0.1, 0.15) is 10.6 Å². The van der Waals surface area contributed by atoms with Crippen LogP contribution in [0.15, 0.2) is 17.0 Å². The molecule has 4 nitrogen and oxygen atoms in total. The van der Waals surface area contributed by atoms with Crippen molar-refractivity contribution in [2.45, 2.75) is 57.4 Å². The van der Waals surface area contributed by atoms with E-state index in [2.05, 4.69) is 0 Å². The molecule has 2 rings (SSSR count). The number of aryl methyl sites for hydroxylation is 1. The molecule has 1 atom stereocenters. The van der Waals surface area contributed by atoms with Crippen molar-refractivity contribution in [1.82, 2.24) is 4.31 Å². The zero-order chi connectivity index (χ0) is 16.3. The Hall–Kier alpha value is -0.780. The lowest BCUT2D eigenvalue weighted by atomic mass is 10.1. The number of rotatable bonds is 5. The Morgan fingerprint density at radius 2 is 2.09 bits per heavy atom. The average molecular weight is 346 g/mol. The second kappa shape index (κ2) is 7.20. The third-order valence-corrected chi connectivity index (χ3v) is 6.46. The summed E-state index contributed by atoms with van der Waals surface area (Å²) in [4.78, 5) is 0.185. The van der Waals surface area contributed by atoms with E-state index in [1.54, 1.807) is 10.4 Å². The van der Waals surface area contributed by atoms with E-state index in [4.69, 9.17) is 16.3 Å². The Morgan fingerprint density at radius 3 is 2.73 bits per heavy atom. The van der Waals surface area contributed by atoms with Gasteiger partial charge in [-0.05, 0) is 50.8 Å². The number of benzene rings is 1. The lowest BCUT2D eigenvalue weighted by molar-refractivity contribution is 0.265. The summed E-state index contributed by atoms with van der Waals surface area (Å²) in [5.74, 6) is 0.404. The molecule has 0 aromatic heterocycles. The van der Waals surface area contributed by atoms with Gasteiger partial charge in [-0.1, -0.05) is 24.9 Å². The van der Waals surface area contributed by atoms with Gasteiger partial charge in [0, 0.05) is 17.6 Å². The van der Waals surface area contributed by atoms with E-state index >= 15 is 0 Å². The maximum absolute atomic E-state index is 13.0. The van der Waals surface area contributed by atoms with Crippen molar-refractivity contribution in [2.75, 3.05) is 13.2 Å². The fourth-order valence-corrected chi connectivity index (χ4v) is 4.79. The van der Waals surface area contributed by atoms with Crippen molar-refractivity contribution in [2.24, 2.45) is 0 Å². The average Bonchev–Trinajstić information content (AvgIpc) is 2.48. The smallest absolute Gasteiger partial charge is 0.247 e. The van der Waals surface area contributed by atoms with Crippen LogP contribution in [0.4, 0.5) is 0 Å². The van der Waals surface area contributed by atoms with E-state index in [1.165, 1.54) is 6.07 Å². The Balaban J connectivity index is 2.46. The Kier molecular flexibility index (Phi) is 5.75. The van der Waals surface area contributed by atoms with Gasteiger partial charge in [0.15, 0.2) is 0 Å². The summed E-state index contributed by atoms with van der Waals surface area (Å²) in [6.07, 6.45) is 3.68. The number of nitrogens with zero attached hydrogens (tertiary/aromatic N) is 1. The topological polar surface area (TPSA) is 46.6 Å². The monoisotopic (exact) mass is 345 g/mol. The maximum Gasteiger partial charge on any atom is 0.247 e. The molecule has 0 bridgehead atoms. The number of hydrogen-bond donors (Lipinski definition) is 0. The largest absolute Gasteiger partial charge is 0.492 e. The van der Waals surface area contributed by atoms with Gasteiger partial charge in [-0.2, -0.15) is 4.31 Å². The van der Waals surface area contributed by atoms with Crippen LogP contribution < -0.4 is 4.74 Å². The van der Waals surface area contributed by atoms with E-state index in [9.17, 15) is 8.42 Å². The molecule has 0 amide bonds. The minimum Gasteiger partial charge on any atom is -0.492 e. The number of ether oxygens (including phenoxy) is 1. The van der Waals surface area contributed by atoms with Crippen molar-refractivity contribution < 1.29 is 13.2 Å². The van der Waals surface area contributed by atoms with Gasteiger partial charge in [0.05, 0.1) is 6.61 Å². The van der Waals surface area contributed by atoms with E-state index in [0.29, 0.717) is 23.9 Å². The lowest BCUT2D eigenvalue weighted by Crippen LogP contribution is -2.42. The molecule has 0 unspecified atom stereocenters. The second-order valence-corrected chi connectivity index (χ2v) is 8.12. The second-order valence-electron chi connectivity index (χ2n) is 5.86. The highest BCUT2D eigenvalue weighted by atomic mass is 35.5. The quantitative estimate of drug-likeness (QED) is 0.810. The zero-order valence-electron chi connectivity index (χ0n) is 13.4. The standard InChI is InChI=1S/C16H24ClNO3S/c1-4-9-21-15-10-12(2)14(17)11-16(15)22(19,20)18-8-6-5-7-13(18)3/h10-11,13H,4-9H2,1-3H3/t13-/m1/s1. The normalized spacial score (nSPS) is 20.1. The van der Waals surface area contributed by atoms with Gasteiger partial charge in [-0.3, -0.25) is 0 Å². The predicted molar refractivity (Wildman–Crippen MR) is 89.2 cm³/mol. The van der Waals surface area contributed by atoms with Gasteiger partial charge in [0.2, 0.25) is 10.0 Å². The van der Waals surface area contributed by atoms with Crippen LogP contribution in [0.5, 0.6) is 5.75 Å². The maximum atomic E-state index is 13.0. The first-order chi connectivity index (χ1) is 10.4. The summed E-state index contributed by atoms with van der Waals surface area (Å²) in [5, 5.41) is 0.451. The molecule has 1 aromatic rings. The van der Waals surface area contributed by atoms with E-state index < -0.39 is 10.0 Å². The van der Waals surface area contributed by atoms with Gasteiger partial charge < -0.3 is 4.74 Å². The van der Waals surface area contributed by atoms with E-state index in [-0.39, 0.29) is 10.9 Å². The van der Waals surface area contributed by atoms with Crippen molar-refractivity contribution in [3.05, 3.63) is 22.7 Å². The molecule has 22 heavy (non-hydrogen) atoms. The summed E-state index contributed by atoms with van der Waals surface area (Å²) < 4.78 is 33.3. The molecule has 1 fully saturated rings. The van der Waals surface area contributed by atoms with Gasteiger partial charge >= 0.3 is 0 Å². The summed E-state index contributed by atoms with van der Waals surface area (Å²) in [7, 11) is -3.59. The fourth-order valence-electron chi connectivity index (χ4n) is 2.72. The van der Waals surface area contributed by atoms with Crippen LogP contribution >= 0.6 is 11.6 Å². The van der Waals surface area contributed by atoms with Crippen LogP contribution in [-0.2, 0) is 10.0 Å². The molecule has 1 aromatic carbocycles. The van der Waals surface area contributed by atoms with Gasteiger partial charge in [-0.25, -0.2) is 8.42 Å². The molecule has 1 aliphatic rings. The molecule has 6 heteroatoms. The van der Waals surface area contributed by atoms with Crippen LogP contribution in [0.1, 0.15) is 45.1 Å². The SMILES string of the molecule is CCCOc1cc(C)c(Cl)cc1S(=O)(=O)N1CCCC[C@H]1C. The molecular formula is C16H24ClNO3S. The van der Waals surface area contributed by atoms with E-state index in [0.717, 1.165) is 31.2 Å². The van der Waals surface area contributed by atoms with Crippen molar-refractivity contribution in [3.8, 4) is 5.75 Å². The third-order valence-electron chi connectivity index (χ3n) is 4.02. The van der Waals surface area contributed by atoms with Crippen LogP contribution in [0.3, 0.4) is 0 Å². The van der Waals surface area contributed by atoms with Gasteiger partial charge in [-0.15, -0.1) is 0 Å². The van der Waals surface area contributed by atoms with E-state index in [1.807, 2.05) is 20.8 Å². The van der Waals surface area contributed by atoms with Crippen LogP contribution in [0, 0.1) is 6.92 Å². The summed E-state index contributed by atoms with van der Waals surface area (Å²) in [6, 6.07) is 3.26. The Labute approximate surface area is 138 Å². The number of piperidine rings is 1. The molecule has 1 heterocycles. The van der Waals surface area contributed by atoms with Crippen molar-refractivity contribution in [3.63, 3.8) is 0 Å². The lowest BCUT2D eigenvalue weighted by Gasteiger charge is -2.32. The zero-order valence-corrected chi connectivity index (χ0v) is 15.0. The predicted octanol–water partition coefficient (Wildman–Crippen LogP) is 4.00.